The van der Waals surface area contributed by atoms with Gasteiger partial charge in [0.25, 0.3) is 10.0 Å². The number of sulfonamides is 1. The molecule has 1 heterocycles. The molecule has 2 N–H and O–H groups in total. The fourth-order valence-electron chi connectivity index (χ4n) is 3.69. The summed E-state index contributed by atoms with van der Waals surface area (Å²) in [6, 6.07) is 10.9. The molecule has 1 aliphatic heterocycles. The van der Waals surface area contributed by atoms with Crippen molar-refractivity contribution in [3.63, 3.8) is 0 Å². The van der Waals surface area contributed by atoms with Crippen LogP contribution in [-0.4, -0.2) is 45.2 Å². The number of hydrogen-bond donors (Lipinski definition) is 2. The minimum absolute atomic E-state index is 0.0334. The van der Waals surface area contributed by atoms with Gasteiger partial charge in [-0.05, 0) is 62.6 Å². The Bertz CT molecular complexity index is 1080. The van der Waals surface area contributed by atoms with Gasteiger partial charge in [-0.25, -0.2) is 13.2 Å². The number of esters is 1. The lowest BCUT2D eigenvalue weighted by atomic mass is 9.97. The molecule has 0 spiro atoms. The standard InChI is InChI=1S/C22H26N2O6S/c1-3-30-22(27)16-7-5-11-24(14-16)20-10-9-17(13-19(20)21(25)26)23-31(28,29)18-8-4-6-15(2)12-18/h4,6,8-10,12-13,16,23H,3,5,7,11,14H2,1-2H3,(H,25,26). The SMILES string of the molecule is CCOC(=O)C1CCCN(c2ccc(NS(=O)(=O)c3cccc(C)c3)cc2C(=O)O)C1. The van der Waals surface area contributed by atoms with Crippen LogP contribution in [0.5, 0.6) is 0 Å². The molecule has 0 amide bonds. The van der Waals surface area contributed by atoms with E-state index >= 15 is 0 Å². The molecule has 0 bridgehead atoms. The first-order valence-electron chi connectivity index (χ1n) is 10.1. The number of aromatic carboxylic acids is 1. The lowest BCUT2D eigenvalue weighted by molar-refractivity contribution is -0.148. The summed E-state index contributed by atoms with van der Waals surface area (Å²) in [6.07, 6.45) is 1.41. The van der Waals surface area contributed by atoms with Crippen molar-refractivity contribution in [2.45, 2.75) is 31.6 Å². The van der Waals surface area contributed by atoms with Gasteiger partial charge < -0.3 is 14.7 Å². The quantitative estimate of drug-likeness (QED) is 0.628. The molecule has 3 rings (SSSR count). The number of nitrogens with zero attached hydrogens (tertiary/aromatic N) is 1. The van der Waals surface area contributed by atoms with Gasteiger partial charge in [0, 0.05) is 18.8 Å². The molecule has 1 aliphatic rings. The van der Waals surface area contributed by atoms with E-state index in [1.807, 2.05) is 4.90 Å². The topological polar surface area (TPSA) is 113 Å². The number of benzene rings is 2. The highest BCUT2D eigenvalue weighted by atomic mass is 32.2. The molecule has 0 radical (unpaired) electrons. The van der Waals surface area contributed by atoms with Gasteiger partial charge >= 0.3 is 11.9 Å². The predicted molar refractivity (Wildman–Crippen MR) is 117 cm³/mol. The van der Waals surface area contributed by atoms with Crippen molar-refractivity contribution in [3.05, 3.63) is 53.6 Å². The van der Waals surface area contributed by atoms with E-state index in [1.54, 1.807) is 32.0 Å². The van der Waals surface area contributed by atoms with Gasteiger partial charge in [0.15, 0.2) is 0 Å². The van der Waals surface area contributed by atoms with Gasteiger partial charge in [0.05, 0.1) is 28.7 Å². The van der Waals surface area contributed by atoms with E-state index in [0.717, 1.165) is 12.0 Å². The smallest absolute Gasteiger partial charge is 0.337 e. The Morgan fingerprint density at radius 1 is 1.23 bits per heavy atom. The summed E-state index contributed by atoms with van der Waals surface area (Å²) < 4.78 is 32.9. The monoisotopic (exact) mass is 446 g/mol. The molecule has 1 fully saturated rings. The lowest BCUT2D eigenvalue weighted by Crippen LogP contribution is -2.40. The van der Waals surface area contributed by atoms with E-state index in [9.17, 15) is 23.1 Å². The molecule has 1 saturated heterocycles. The Labute approximate surface area is 181 Å². The maximum absolute atomic E-state index is 12.7. The van der Waals surface area contributed by atoms with E-state index < -0.39 is 16.0 Å². The van der Waals surface area contributed by atoms with Gasteiger partial charge in [0.1, 0.15) is 0 Å². The van der Waals surface area contributed by atoms with Crippen molar-refractivity contribution in [2.24, 2.45) is 5.92 Å². The van der Waals surface area contributed by atoms with Crippen LogP contribution in [0.1, 0.15) is 35.7 Å². The number of anilines is 2. The Hall–Kier alpha value is -3.07. The zero-order valence-electron chi connectivity index (χ0n) is 17.5. The minimum atomic E-state index is -3.86. The average molecular weight is 447 g/mol. The number of aryl methyl sites for hydroxylation is 1. The second-order valence-electron chi connectivity index (χ2n) is 7.50. The van der Waals surface area contributed by atoms with Gasteiger partial charge in [-0.3, -0.25) is 9.52 Å². The molecule has 0 saturated carbocycles. The molecule has 9 heteroatoms. The second-order valence-corrected chi connectivity index (χ2v) is 9.18. The van der Waals surface area contributed by atoms with Crippen molar-refractivity contribution in [1.82, 2.24) is 0 Å². The normalized spacial score (nSPS) is 16.6. The predicted octanol–water partition coefficient (Wildman–Crippen LogP) is 3.27. The Morgan fingerprint density at radius 2 is 2.00 bits per heavy atom. The first-order chi connectivity index (χ1) is 14.7. The van der Waals surface area contributed by atoms with Crippen LogP contribution < -0.4 is 9.62 Å². The molecule has 31 heavy (non-hydrogen) atoms. The van der Waals surface area contributed by atoms with E-state index in [2.05, 4.69) is 4.72 Å². The molecule has 2 aromatic carbocycles. The summed E-state index contributed by atoms with van der Waals surface area (Å²) in [4.78, 5) is 26.0. The number of carboxylic acid groups (broad SMARTS) is 1. The summed E-state index contributed by atoms with van der Waals surface area (Å²) in [7, 11) is -3.86. The fourth-order valence-corrected chi connectivity index (χ4v) is 4.85. The molecule has 1 unspecified atom stereocenters. The number of carbonyl (C=O) groups is 2. The number of rotatable bonds is 7. The summed E-state index contributed by atoms with van der Waals surface area (Å²) in [5, 5.41) is 9.74. The number of hydrogen-bond acceptors (Lipinski definition) is 6. The molecule has 0 aromatic heterocycles. The minimum Gasteiger partial charge on any atom is -0.478 e. The van der Waals surface area contributed by atoms with Crippen LogP contribution in [0.15, 0.2) is 47.4 Å². The summed E-state index contributed by atoms with van der Waals surface area (Å²) in [6.45, 7) is 4.79. The molecule has 1 atom stereocenters. The summed E-state index contributed by atoms with van der Waals surface area (Å²) in [5.41, 5.74) is 1.36. The Kier molecular flexibility index (Phi) is 6.84. The van der Waals surface area contributed by atoms with E-state index in [0.29, 0.717) is 31.8 Å². The van der Waals surface area contributed by atoms with Crippen LogP contribution in [0.3, 0.4) is 0 Å². The second kappa shape index (κ2) is 9.38. The highest BCUT2D eigenvalue weighted by molar-refractivity contribution is 7.92. The maximum atomic E-state index is 12.7. The van der Waals surface area contributed by atoms with Crippen molar-refractivity contribution < 1.29 is 27.9 Å². The summed E-state index contributed by atoms with van der Waals surface area (Å²) in [5.74, 6) is -1.79. The molecule has 2 aromatic rings. The van der Waals surface area contributed by atoms with Gasteiger partial charge in [-0.15, -0.1) is 0 Å². The lowest BCUT2D eigenvalue weighted by Gasteiger charge is -2.34. The van der Waals surface area contributed by atoms with Crippen LogP contribution >= 0.6 is 0 Å². The Balaban J connectivity index is 1.86. The first-order valence-corrected chi connectivity index (χ1v) is 11.6. The average Bonchev–Trinajstić information content (AvgIpc) is 2.73. The molecule has 166 valence electrons. The highest BCUT2D eigenvalue weighted by Gasteiger charge is 2.29. The molecule has 8 nitrogen and oxygen atoms in total. The highest BCUT2D eigenvalue weighted by Crippen LogP contribution is 2.30. The van der Waals surface area contributed by atoms with E-state index in [-0.39, 0.29) is 28.0 Å². The number of ether oxygens (including phenoxy) is 1. The Morgan fingerprint density at radius 3 is 2.68 bits per heavy atom. The van der Waals surface area contributed by atoms with Gasteiger partial charge in [-0.1, -0.05) is 12.1 Å². The number of carboxylic acids is 1. The first kappa shape index (κ1) is 22.6. The zero-order valence-corrected chi connectivity index (χ0v) is 18.3. The molecule has 0 aliphatic carbocycles. The fraction of sp³-hybridized carbons (Fsp3) is 0.364. The zero-order chi connectivity index (χ0) is 22.6. The van der Waals surface area contributed by atoms with Crippen LogP contribution in [0, 0.1) is 12.8 Å². The van der Waals surface area contributed by atoms with Crippen molar-refractivity contribution >= 4 is 33.3 Å². The van der Waals surface area contributed by atoms with Crippen molar-refractivity contribution in [1.29, 1.82) is 0 Å². The van der Waals surface area contributed by atoms with E-state index in [1.165, 1.54) is 24.3 Å². The third-order valence-corrected chi connectivity index (χ3v) is 6.54. The third-order valence-electron chi connectivity index (χ3n) is 5.16. The summed E-state index contributed by atoms with van der Waals surface area (Å²) >= 11 is 0. The number of piperidine rings is 1. The number of nitrogens with one attached hydrogen (secondary N) is 1. The molecular formula is C22H26N2O6S. The van der Waals surface area contributed by atoms with Crippen LogP contribution in [0.25, 0.3) is 0 Å². The maximum Gasteiger partial charge on any atom is 0.337 e. The third kappa shape index (κ3) is 5.35. The van der Waals surface area contributed by atoms with Crippen LogP contribution in [-0.2, 0) is 19.6 Å². The molecular weight excluding hydrogens is 420 g/mol. The van der Waals surface area contributed by atoms with Crippen molar-refractivity contribution in [2.75, 3.05) is 29.3 Å². The van der Waals surface area contributed by atoms with Gasteiger partial charge in [0.2, 0.25) is 0 Å². The van der Waals surface area contributed by atoms with Gasteiger partial charge in [-0.2, -0.15) is 0 Å². The number of carbonyl (C=O) groups excluding carboxylic acids is 1. The van der Waals surface area contributed by atoms with Crippen LogP contribution in [0.2, 0.25) is 0 Å². The largest absolute Gasteiger partial charge is 0.478 e. The van der Waals surface area contributed by atoms with Crippen molar-refractivity contribution in [3.8, 4) is 0 Å². The van der Waals surface area contributed by atoms with E-state index in [4.69, 9.17) is 4.74 Å². The van der Waals surface area contributed by atoms with Crippen LogP contribution in [0.4, 0.5) is 11.4 Å².